The molecule has 0 bridgehead atoms. The first kappa shape index (κ1) is 18.4. The lowest BCUT2D eigenvalue weighted by Crippen LogP contribution is -2.24. The van der Waals surface area contributed by atoms with E-state index in [4.69, 9.17) is 4.42 Å². The van der Waals surface area contributed by atoms with Crippen molar-refractivity contribution in [3.8, 4) is 0 Å². The predicted octanol–water partition coefficient (Wildman–Crippen LogP) is 3.07. The minimum atomic E-state index is -3.14. The van der Waals surface area contributed by atoms with Crippen molar-refractivity contribution in [2.45, 2.75) is 32.6 Å². The number of hydrogen-bond acceptors (Lipinski definition) is 6. The number of carbonyl (C=O) groups excluding carboxylic acids is 2. The van der Waals surface area contributed by atoms with E-state index in [0.29, 0.717) is 22.9 Å². The fraction of sp³-hybridized carbons (Fsp3) is 0.474. The molecule has 1 amide bonds. The monoisotopic (exact) mass is 407 g/mol. The van der Waals surface area contributed by atoms with E-state index in [2.05, 4.69) is 12.2 Å². The summed E-state index contributed by atoms with van der Waals surface area (Å²) in [4.78, 5) is 26.8. The van der Waals surface area contributed by atoms with Crippen LogP contribution in [0.1, 0.15) is 46.3 Å². The lowest BCUT2D eigenvalue weighted by atomic mass is 9.87. The molecule has 1 fully saturated rings. The third kappa shape index (κ3) is 3.60. The maximum atomic E-state index is 13.0. The van der Waals surface area contributed by atoms with Crippen LogP contribution in [0.4, 0.5) is 5.00 Å². The summed E-state index contributed by atoms with van der Waals surface area (Å²) in [5, 5.41) is 3.38. The molecule has 2 aromatic heterocycles. The highest BCUT2D eigenvalue weighted by atomic mass is 32.2. The van der Waals surface area contributed by atoms with Gasteiger partial charge in [-0.05, 0) is 49.3 Å². The Labute approximate surface area is 161 Å². The first-order valence-corrected chi connectivity index (χ1v) is 11.7. The number of rotatable bonds is 4. The highest BCUT2D eigenvalue weighted by Gasteiger charge is 2.35. The molecule has 2 atom stereocenters. The number of hydrogen-bond donors (Lipinski definition) is 1. The van der Waals surface area contributed by atoms with Crippen molar-refractivity contribution < 1.29 is 22.4 Å². The van der Waals surface area contributed by atoms with Crippen LogP contribution < -0.4 is 5.32 Å². The summed E-state index contributed by atoms with van der Waals surface area (Å²) in [7, 11) is -3.14. The zero-order chi connectivity index (χ0) is 19.2. The van der Waals surface area contributed by atoms with Gasteiger partial charge < -0.3 is 9.73 Å². The van der Waals surface area contributed by atoms with Gasteiger partial charge in [0.15, 0.2) is 15.6 Å². The minimum absolute atomic E-state index is 0.0434. The number of amides is 1. The van der Waals surface area contributed by atoms with Gasteiger partial charge >= 0.3 is 0 Å². The van der Waals surface area contributed by atoms with E-state index in [1.54, 1.807) is 12.1 Å². The van der Waals surface area contributed by atoms with Crippen LogP contribution in [0.25, 0.3) is 0 Å². The Morgan fingerprint density at radius 1 is 1.30 bits per heavy atom. The normalized spacial score (nSPS) is 23.7. The summed E-state index contributed by atoms with van der Waals surface area (Å²) in [5.41, 5.74) is 1.50. The van der Waals surface area contributed by atoms with Crippen molar-refractivity contribution >= 4 is 37.9 Å². The molecule has 2 aromatic rings. The van der Waals surface area contributed by atoms with Crippen LogP contribution in [0.3, 0.4) is 0 Å². The molecule has 0 saturated carbocycles. The second-order valence-electron chi connectivity index (χ2n) is 7.45. The molecule has 6 nitrogen and oxygen atoms in total. The third-order valence-corrected chi connectivity index (χ3v) is 8.26. The van der Waals surface area contributed by atoms with E-state index < -0.39 is 15.8 Å². The number of thiophene rings is 1. The molecule has 0 radical (unpaired) electrons. The Morgan fingerprint density at radius 3 is 2.78 bits per heavy atom. The Hall–Kier alpha value is -1.93. The smallest absolute Gasteiger partial charge is 0.231 e. The van der Waals surface area contributed by atoms with Crippen molar-refractivity contribution in [2.75, 3.05) is 16.8 Å². The molecule has 4 rings (SSSR count). The molecule has 144 valence electrons. The van der Waals surface area contributed by atoms with Gasteiger partial charge in [-0.2, -0.15) is 0 Å². The number of carbonyl (C=O) groups is 2. The number of sulfone groups is 1. The summed E-state index contributed by atoms with van der Waals surface area (Å²) in [5.74, 6) is -0.416. The zero-order valence-electron chi connectivity index (χ0n) is 15.0. The number of anilines is 1. The van der Waals surface area contributed by atoms with Crippen LogP contribution in [-0.4, -0.2) is 31.6 Å². The van der Waals surface area contributed by atoms with Crippen LogP contribution in [0, 0.1) is 11.8 Å². The summed E-state index contributed by atoms with van der Waals surface area (Å²) in [6.45, 7) is 2.18. The van der Waals surface area contributed by atoms with Crippen molar-refractivity contribution in [1.82, 2.24) is 0 Å². The van der Waals surface area contributed by atoms with Gasteiger partial charge in [-0.25, -0.2) is 8.42 Å². The van der Waals surface area contributed by atoms with E-state index in [9.17, 15) is 18.0 Å². The predicted molar refractivity (Wildman–Crippen MR) is 103 cm³/mol. The molecule has 0 spiro atoms. The molecule has 0 aromatic carbocycles. The van der Waals surface area contributed by atoms with Crippen molar-refractivity contribution in [3.63, 3.8) is 0 Å². The Bertz CT molecular complexity index is 988. The van der Waals surface area contributed by atoms with E-state index in [0.717, 1.165) is 29.7 Å². The SMILES string of the molecule is C[C@H]1CCc2c(sc(NC(=O)[C@@H]3CCS(=O)(=O)C3)c2C(=O)c2ccco2)C1. The number of fused-ring (bicyclic) bond motifs is 1. The van der Waals surface area contributed by atoms with Gasteiger partial charge in [0.2, 0.25) is 11.7 Å². The average molecular weight is 408 g/mol. The van der Waals surface area contributed by atoms with Crippen LogP contribution in [0.2, 0.25) is 0 Å². The standard InChI is InChI=1S/C19H21NO5S2/c1-11-4-5-13-15(9-11)26-19(16(13)17(21)14-3-2-7-25-14)20-18(22)12-6-8-27(23,24)10-12/h2-3,7,11-12H,4-6,8-10H2,1H3,(H,20,22)/t11-,12+/m0/s1. The van der Waals surface area contributed by atoms with E-state index in [1.165, 1.54) is 17.6 Å². The van der Waals surface area contributed by atoms with Crippen LogP contribution in [0.15, 0.2) is 22.8 Å². The van der Waals surface area contributed by atoms with Gasteiger partial charge in [-0.15, -0.1) is 11.3 Å². The first-order valence-electron chi connectivity index (χ1n) is 9.08. The zero-order valence-corrected chi connectivity index (χ0v) is 16.6. The second kappa shape index (κ2) is 6.91. The molecule has 1 saturated heterocycles. The molecule has 1 aliphatic heterocycles. The summed E-state index contributed by atoms with van der Waals surface area (Å²) in [6, 6.07) is 3.28. The molecule has 3 heterocycles. The van der Waals surface area contributed by atoms with Crippen molar-refractivity contribution in [2.24, 2.45) is 11.8 Å². The van der Waals surface area contributed by atoms with Crippen molar-refractivity contribution in [1.29, 1.82) is 0 Å². The second-order valence-corrected chi connectivity index (χ2v) is 10.8. The van der Waals surface area contributed by atoms with Gasteiger partial charge in [0.05, 0.1) is 29.3 Å². The van der Waals surface area contributed by atoms with E-state index >= 15 is 0 Å². The molecule has 0 unspecified atom stereocenters. The summed E-state index contributed by atoms with van der Waals surface area (Å²) >= 11 is 1.43. The summed E-state index contributed by atoms with van der Waals surface area (Å²) < 4.78 is 28.6. The number of furan rings is 1. The van der Waals surface area contributed by atoms with E-state index in [1.807, 2.05) is 0 Å². The van der Waals surface area contributed by atoms with Crippen LogP contribution in [-0.2, 0) is 27.5 Å². The topological polar surface area (TPSA) is 93.5 Å². The largest absolute Gasteiger partial charge is 0.461 e. The number of ketones is 1. The molecule has 1 aliphatic carbocycles. The maximum absolute atomic E-state index is 13.0. The quantitative estimate of drug-likeness (QED) is 0.786. The fourth-order valence-corrected chi connectivity index (χ4v) is 6.98. The molecule has 27 heavy (non-hydrogen) atoms. The molecule has 8 heteroatoms. The lowest BCUT2D eigenvalue weighted by molar-refractivity contribution is -0.119. The Balaban J connectivity index is 1.67. The van der Waals surface area contributed by atoms with Gasteiger partial charge in [-0.3, -0.25) is 9.59 Å². The molecular weight excluding hydrogens is 386 g/mol. The van der Waals surface area contributed by atoms with Gasteiger partial charge in [0.25, 0.3) is 0 Å². The Kier molecular flexibility index (Phi) is 4.71. The van der Waals surface area contributed by atoms with Gasteiger partial charge in [0, 0.05) is 4.88 Å². The summed E-state index contributed by atoms with van der Waals surface area (Å²) in [6.07, 6.45) is 4.46. The van der Waals surface area contributed by atoms with Gasteiger partial charge in [0.1, 0.15) is 5.00 Å². The average Bonchev–Trinajstić information content (AvgIpc) is 3.32. The minimum Gasteiger partial charge on any atom is -0.461 e. The van der Waals surface area contributed by atoms with Crippen molar-refractivity contribution in [3.05, 3.63) is 40.2 Å². The maximum Gasteiger partial charge on any atom is 0.231 e. The fourth-order valence-electron chi connectivity index (χ4n) is 3.83. The van der Waals surface area contributed by atoms with Crippen LogP contribution >= 0.6 is 11.3 Å². The highest BCUT2D eigenvalue weighted by molar-refractivity contribution is 7.91. The molecular formula is C19H21NO5S2. The van der Waals surface area contributed by atoms with E-state index in [-0.39, 0.29) is 29.0 Å². The third-order valence-electron chi connectivity index (χ3n) is 5.32. The highest BCUT2D eigenvalue weighted by Crippen LogP contribution is 2.41. The van der Waals surface area contributed by atoms with Gasteiger partial charge in [-0.1, -0.05) is 6.92 Å². The Morgan fingerprint density at radius 2 is 2.11 bits per heavy atom. The number of nitrogens with one attached hydrogen (secondary N) is 1. The lowest BCUT2D eigenvalue weighted by Gasteiger charge is -2.18. The van der Waals surface area contributed by atoms with Crippen LogP contribution in [0.5, 0.6) is 0 Å². The first-order chi connectivity index (χ1) is 12.8. The molecule has 2 aliphatic rings. The molecule has 1 N–H and O–H groups in total.